The van der Waals surface area contributed by atoms with Crippen molar-refractivity contribution in [2.75, 3.05) is 25.0 Å². The lowest BCUT2D eigenvalue weighted by Crippen LogP contribution is -2.35. The van der Waals surface area contributed by atoms with Crippen LogP contribution >= 0.6 is 0 Å². The number of rotatable bonds is 7. The summed E-state index contributed by atoms with van der Waals surface area (Å²) in [5.41, 5.74) is -0.797. The highest BCUT2D eigenvalue weighted by Gasteiger charge is 2.28. The normalized spacial score (nSPS) is 14.5. The third-order valence-corrected chi connectivity index (χ3v) is 5.25. The SMILES string of the molecule is O=C(NCC(F)(F)F)Oc1cc(-c2nc(C(=O)Nc3cn(C4CCNCC4)nc3C(F)F)co2)ccn1. The second-order valence-electron chi connectivity index (χ2n) is 7.92. The van der Waals surface area contributed by atoms with E-state index >= 15 is 0 Å². The number of hydrogen-bond donors (Lipinski definition) is 3. The number of carbonyl (C=O) groups excluding carboxylic acids is 2. The lowest BCUT2D eigenvalue weighted by molar-refractivity contribution is -0.123. The summed E-state index contributed by atoms with van der Waals surface area (Å²) in [4.78, 5) is 31.9. The molecule has 198 valence electrons. The predicted octanol–water partition coefficient (Wildman–Crippen LogP) is 3.70. The first-order valence-electron chi connectivity index (χ1n) is 10.9. The molecule has 37 heavy (non-hydrogen) atoms. The number of piperidine rings is 1. The standard InChI is InChI=1S/C21H20F5N7O4/c22-17(23)16-13(8-33(32-16)12-2-4-27-5-3-12)30-18(34)14-9-36-19(31-14)11-1-6-28-15(7-11)37-20(35)29-10-21(24,25)26/h1,6-9,12,17,27H,2-5,10H2,(H,29,35)(H,30,34). The van der Waals surface area contributed by atoms with Gasteiger partial charge < -0.3 is 25.1 Å². The Hall–Kier alpha value is -4.08. The van der Waals surface area contributed by atoms with Gasteiger partial charge in [0.1, 0.15) is 12.8 Å². The van der Waals surface area contributed by atoms with E-state index in [1.807, 2.05) is 0 Å². The van der Waals surface area contributed by atoms with Crippen LogP contribution in [-0.4, -0.2) is 57.6 Å². The number of halogens is 5. The zero-order valence-electron chi connectivity index (χ0n) is 18.9. The number of pyridine rings is 1. The molecule has 1 aliphatic rings. The van der Waals surface area contributed by atoms with Gasteiger partial charge in [0.05, 0.1) is 11.7 Å². The van der Waals surface area contributed by atoms with Crippen molar-refractivity contribution >= 4 is 17.7 Å². The maximum atomic E-state index is 13.5. The van der Waals surface area contributed by atoms with Crippen LogP contribution in [0.2, 0.25) is 0 Å². The van der Waals surface area contributed by atoms with Gasteiger partial charge in [-0.1, -0.05) is 0 Å². The fourth-order valence-corrected chi connectivity index (χ4v) is 3.52. The maximum absolute atomic E-state index is 13.5. The minimum atomic E-state index is -4.62. The van der Waals surface area contributed by atoms with Crippen molar-refractivity contribution in [3.63, 3.8) is 0 Å². The van der Waals surface area contributed by atoms with E-state index in [9.17, 15) is 31.5 Å². The Labute approximate surface area is 205 Å². The summed E-state index contributed by atoms with van der Waals surface area (Å²) in [5.74, 6) is -1.31. The van der Waals surface area contributed by atoms with Crippen molar-refractivity contribution in [3.05, 3.63) is 42.2 Å². The van der Waals surface area contributed by atoms with E-state index in [1.165, 1.54) is 28.5 Å². The molecule has 3 aromatic rings. The summed E-state index contributed by atoms with van der Waals surface area (Å²) in [6.45, 7) is -0.149. The molecule has 0 bridgehead atoms. The molecule has 1 fully saturated rings. The number of amides is 2. The molecule has 0 spiro atoms. The number of aromatic nitrogens is 4. The molecule has 16 heteroatoms. The van der Waals surface area contributed by atoms with E-state index in [2.05, 4.69) is 25.7 Å². The third-order valence-electron chi connectivity index (χ3n) is 5.25. The summed E-state index contributed by atoms with van der Waals surface area (Å²) < 4.78 is 75.1. The maximum Gasteiger partial charge on any atom is 0.414 e. The average molecular weight is 529 g/mol. The number of alkyl halides is 5. The Morgan fingerprint density at radius 3 is 2.73 bits per heavy atom. The van der Waals surface area contributed by atoms with E-state index in [-0.39, 0.29) is 34.8 Å². The van der Waals surface area contributed by atoms with Crippen LogP contribution in [0.15, 0.2) is 35.2 Å². The van der Waals surface area contributed by atoms with Crippen LogP contribution in [0, 0.1) is 0 Å². The molecule has 0 aliphatic carbocycles. The van der Waals surface area contributed by atoms with Gasteiger partial charge in [-0.05, 0) is 32.0 Å². The van der Waals surface area contributed by atoms with Crippen molar-refractivity contribution in [2.45, 2.75) is 31.5 Å². The van der Waals surface area contributed by atoms with Crippen LogP contribution in [0.4, 0.5) is 32.4 Å². The molecular weight excluding hydrogens is 509 g/mol. The first-order chi connectivity index (χ1) is 17.6. The predicted molar refractivity (Wildman–Crippen MR) is 116 cm³/mol. The van der Waals surface area contributed by atoms with Gasteiger partial charge in [-0.15, -0.1) is 0 Å². The van der Waals surface area contributed by atoms with Gasteiger partial charge in [0, 0.05) is 24.0 Å². The molecule has 4 rings (SSSR count). The van der Waals surface area contributed by atoms with Gasteiger partial charge >= 0.3 is 12.3 Å². The summed E-state index contributed by atoms with van der Waals surface area (Å²) in [5, 5.41) is 11.0. The number of anilines is 1. The second-order valence-corrected chi connectivity index (χ2v) is 7.92. The van der Waals surface area contributed by atoms with Crippen molar-refractivity contribution in [1.29, 1.82) is 0 Å². The van der Waals surface area contributed by atoms with Gasteiger partial charge in [0.2, 0.25) is 11.8 Å². The van der Waals surface area contributed by atoms with Gasteiger partial charge in [0.25, 0.3) is 12.3 Å². The largest absolute Gasteiger partial charge is 0.444 e. The highest BCUT2D eigenvalue weighted by molar-refractivity contribution is 6.03. The first-order valence-corrected chi connectivity index (χ1v) is 10.9. The lowest BCUT2D eigenvalue weighted by atomic mass is 10.1. The van der Waals surface area contributed by atoms with Crippen LogP contribution in [0.1, 0.15) is 41.5 Å². The molecule has 3 N–H and O–H groups in total. The molecule has 1 aliphatic heterocycles. The molecule has 1 saturated heterocycles. The van der Waals surface area contributed by atoms with Gasteiger partial charge in [-0.25, -0.2) is 23.5 Å². The van der Waals surface area contributed by atoms with Gasteiger partial charge in [-0.3, -0.25) is 9.48 Å². The van der Waals surface area contributed by atoms with Crippen molar-refractivity contribution in [2.24, 2.45) is 0 Å². The van der Waals surface area contributed by atoms with E-state index < -0.39 is 36.8 Å². The molecule has 0 atom stereocenters. The number of oxazole rings is 1. The first kappa shape index (κ1) is 26.0. The Kier molecular flexibility index (Phi) is 7.66. The minimum absolute atomic E-state index is 0.0818. The molecule has 11 nitrogen and oxygen atoms in total. The van der Waals surface area contributed by atoms with Gasteiger partial charge in [-0.2, -0.15) is 18.3 Å². The number of hydrogen-bond acceptors (Lipinski definition) is 8. The zero-order chi connectivity index (χ0) is 26.6. The quantitative estimate of drug-likeness (QED) is 0.394. The van der Waals surface area contributed by atoms with Crippen molar-refractivity contribution < 1.29 is 40.7 Å². The number of nitrogens with zero attached hydrogens (tertiary/aromatic N) is 4. The summed E-state index contributed by atoms with van der Waals surface area (Å²) in [6, 6.07) is 2.45. The summed E-state index contributed by atoms with van der Waals surface area (Å²) in [6.07, 6.45) is -4.00. The number of nitrogens with one attached hydrogen (secondary N) is 3. The van der Waals surface area contributed by atoms with Crippen LogP contribution in [0.5, 0.6) is 5.88 Å². The van der Waals surface area contributed by atoms with Crippen LogP contribution in [0.3, 0.4) is 0 Å². The molecule has 2 amide bonds. The highest BCUT2D eigenvalue weighted by atomic mass is 19.4. The smallest absolute Gasteiger partial charge is 0.414 e. The average Bonchev–Trinajstić information content (AvgIpc) is 3.51. The molecule has 0 unspecified atom stereocenters. The van der Waals surface area contributed by atoms with Crippen LogP contribution < -0.4 is 20.7 Å². The Morgan fingerprint density at radius 1 is 1.27 bits per heavy atom. The summed E-state index contributed by atoms with van der Waals surface area (Å²) >= 11 is 0. The van der Waals surface area contributed by atoms with E-state index in [0.717, 1.165) is 25.4 Å². The van der Waals surface area contributed by atoms with Crippen molar-refractivity contribution in [1.82, 2.24) is 30.4 Å². The van der Waals surface area contributed by atoms with Crippen molar-refractivity contribution in [3.8, 4) is 17.3 Å². The van der Waals surface area contributed by atoms with Crippen LogP contribution in [0.25, 0.3) is 11.5 Å². The van der Waals surface area contributed by atoms with Gasteiger partial charge in [0.15, 0.2) is 11.4 Å². The Bertz CT molecular complexity index is 1250. The van der Waals surface area contributed by atoms with Crippen LogP contribution in [-0.2, 0) is 0 Å². The highest BCUT2D eigenvalue weighted by Crippen LogP contribution is 2.30. The summed E-state index contributed by atoms with van der Waals surface area (Å²) in [7, 11) is 0. The fraction of sp³-hybridized carbons (Fsp3) is 0.381. The molecular formula is C21H20F5N7O4. The zero-order valence-corrected chi connectivity index (χ0v) is 18.9. The molecule has 0 radical (unpaired) electrons. The lowest BCUT2D eigenvalue weighted by Gasteiger charge is -2.22. The molecule has 3 aromatic heterocycles. The molecule has 0 aromatic carbocycles. The fourth-order valence-electron chi connectivity index (χ4n) is 3.52. The molecule has 4 heterocycles. The Balaban J connectivity index is 1.44. The van der Waals surface area contributed by atoms with E-state index in [4.69, 9.17) is 9.15 Å². The third kappa shape index (κ3) is 6.78. The Morgan fingerprint density at radius 2 is 2.03 bits per heavy atom. The second kappa shape index (κ2) is 10.9. The van der Waals surface area contributed by atoms with E-state index in [0.29, 0.717) is 12.8 Å². The number of carbonyl (C=O) groups is 2. The van der Waals surface area contributed by atoms with E-state index in [1.54, 1.807) is 0 Å². The number of ether oxygens (including phenoxy) is 1. The topological polar surface area (TPSA) is 136 Å². The minimum Gasteiger partial charge on any atom is -0.444 e. The molecule has 0 saturated carbocycles. The monoisotopic (exact) mass is 529 g/mol.